The molecule has 1 fully saturated rings. The molecule has 1 aliphatic heterocycles. The maximum atomic E-state index is 15.0. The number of aromatic nitrogens is 4. The van der Waals surface area contributed by atoms with Gasteiger partial charge in [0, 0.05) is 43.4 Å². The van der Waals surface area contributed by atoms with Crippen LogP contribution in [0.25, 0.3) is 22.2 Å². The third-order valence-corrected chi connectivity index (χ3v) is 6.02. The van der Waals surface area contributed by atoms with Crippen LogP contribution in [0.4, 0.5) is 10.2 Å². The van der Waals surface area contributed by atoms with Gasteiger partial charge >= 0.3 is 0 Å². The molecule has 0 bridgehead atoms. The van der Waals surface area contributed by atoms with Crippen molar-refractivity contribution < 1.29 is 13.6 Å². The third kappa shape index (κ3) is 4.12. The van der Waals surface area contributed by atoms with Crippen LogP contribution >= 0.6 is 0 Å². The number of amides is 1. The first-order valence-corrected chi connectivity index (χ1v) is 11.3. The van der Waals surface area contributed by atoms with Gasteiger partial charge in [-0.1, -0.05) is 26.0 Å². The van der Waals surface area contributed by atoms with Gasteiger partial charge in [-0.2, -0.15) is 5.10 Å². The van der Waals surface area contributed by atoms with Gasteiger partial charge in [0.2, 0.25) is 0 Å². The molecule has 3 aromatic heterocycles. The second-order valence-corrected chi connectivity index (χ2v) is 8.84. The summed E-state index contributed by atoms with van der Waals surface area (Å²) in [6, 6.07) is 6.93. The standard InChI is InChI=1S/C24H26FN7O2/c1-13(2)24-29-19(12-34-24)23(33)28-10-15-4-3-14(9-18(15)25)17-5-7-27-21-20(17)22(31-30-21)32-8-6-16(26)11-32/h3-5,7,9,12-13,16H,6,8,10-11,26H2,1-2H3,(H,28,33)(H,27,30,31)/t16-/m1/s1. The lowest BCUT2D eigenvalue weighted by Gasteiger charge is -2.16. The Morgan fingerprint density at radius 1 is 1.38 bits per heavy atom. The zero-order chi connectivity index (χ0) is 23.8. The Morgan fingerprint density at radius 3 is 2.94 bits per heavy atom. The van der Waals surface area contributed by atoms with Gasteiger partial charge in [-0.25, -0.2) is 14.4 Å². The van der Waals surface area contributed by atoms with Crippen LogP contribution in [-0.4, -0.2) is 45.2 Å². The van der Waals surface area contributed by atoms with Crippen LogP contribution in [0.15, 0.2) is 41.1 Å². The summed E-state index contributed by atoms with van der Waals surface area (Å²) in [5.74, 6) is 0.500. The molecule has 0 saturated carbocycles. The van der Waals surface area contributed by atoms with Crippen LogP contribution in [0.5, 0.6) is 0 Å². The van der Waals surface area contributed by atoms with Gasteiger partial charge in [0.25, 0.3) is 5.91 Å². The molecule has 10 heteroatoms. The van der Waals surface area contributed by atoms with Crippen LogP contribution in [0.3, 0.4) is 0 Å². The molecule has 0 aliphatic carbocycles. The Balaban J connectivity index is 1.37. The number of anilines is 1. The van der Waals surface area contributed by atoms with E-state index in [1.165, 1.54) is 12.3 Å². The van der Waals surface area contributed by atoms with Crippen LogP contribution in [0.1, 0.15) is 48.1 Å². The van der Waals surface area contributed by atoms with Gasteiger partial charge < -0.3 is 20.4 Å². The number of carbonyl (C=O) groups excluding carboxylic acids is 1. The van der Waals surface area contributed by atoms with Crippen molar-refractivity contribution in [3.63, 3.8) is 0 Å². The van der Waals surface area contributed by atoms with E-state index in [-0.39, 0.29) is 24.2 Å². The quantitative estimate of drug-likeness (QED) is 0.400. The molecule has 0 unspecified atom stereocenters. The number of rotatable bonds is 6. The number of nitrogens with one attached hydrogen (secondary N) is 2. The number of pyridine rings is 1. The molecular weight excluding hydrogens is 437 g/mol. The summed E-state index contributed by atoms with van der Waals surface area (Å²) in [6.45, 7) is 5.41. The molecule has 176 valence electrons. The molecule has 1 aliphatic rings. The molecule has 4 aromatic rings. The molecule has 9 nitrogen and oxygen atoms in total. The minimum Gasteiger partial charge on any atom is -0.448 e. The summed E-state index contributed by atoms with van der Waals surface area (Å²) in [4.78, 5) is 23.0. The fourth-order valence-corrected chi connectivity index (χ4v) is 4.17. The zero-order valence-corrected chi connectivity index (χ0v) is 19.0. The number of H-pyrrole nitrogens is 1. The van der Waals surface area contributed by atoms with E-state index < -0.39 is 11.7 Å². The maximum absolute atomic E-state index is 15.0. The number of nitrogens with zero attached hydrogens (tertiary/aromatic N) is 4. The first-order valence-electron chi connectivity index (χ1n) is 11.3. The maximum Gasteiger partial charge on any atom is 0.273 e. The number of aromatic amines is 1. The summed E-state index contributed by atoms with van der Waals surface area (Å²) < 4.78 is 20.3. The minimum absolute atomic E-state index is 0.0310. The lowest BCUT2D eigenvalue weighted by atomic mass is 10.0. The van der Waals surface area contributed by atoms with E-state index in [1.54, 1.807) is 12.3 Å². The van der Waals surface area contributed by atoms with E-state index in [0.717, 1.165) is 29.7 Å². The van der Waals surface area contributed by atoms with E-state index in [2.05, 4.69) is 30.4 Å². The Morgan fingerprint density at radius 2 is 2.24 bits per heavy atom. The number of oxazole rings is 1. The number of fused-ring (bicyclic) bond motifs is 1. The van der Waals surface area contributed by atoms with Crippen LogP contribution in [0.2, 0.25) is 0 Å². The predicted octanol–water partition coefficient (Wildman–Crippen LogP) is 3.34. The van der Waals surface area contributed by atoms with Crippen LogP contribution < -0.4 is 16.0 Å². The van der Waals surface area contributed by atoms with Crippen molar-refractivity contribution in [3.05, 3.63) is 59.7 Å². The highest BCUT2D eigenvalue weighted by Crippen LogP contribution is 2.35. The Bertz CT molecular complexity index is 1350. The lowest BCUT2D eigenvalue weighted by Crippen LogP contribution is -2.26. The summed E-state index contributed by atoms with van der Waals surface area (Å²) in [7, 11) is 0. The lowest BCUT2D eigenvalue weighted by molar-refractivity contribution is 0.0945. The van der Waals surface area contributed by atoms with Crippen LogP contribution in [0, 0.1) is 5.82 Å². The van der Waals surface area contributed by atoms with Gasteiger partial charge in [0.05, 0.1) is 5.39 Å². The highest BCUT2D eigenvalue weighted by Gasteiger charge is 2.25. The van der Waals surface area contributed by atoms with E-state index in [9.17, 15) is 4.79 Å². The predicted molar refractivity (Wildman–Crippen MR) is 126 cm³/mol. The number of benzene rings is 1. The Kier molecular flexibility index (Phi) is 5.74. The fourth-order valence-electron chi connectivity index (χ4n) is 4.17. The van der Waals surface area contributed by atoms with Crippen molar-refractivity contribution in [2.45, 2.75) is 38.8 Å². The van der Waals surface area contributed by atoms with Gasteiger partial charge in [-0.15, -0.1) is 0 Å². The molecule has 34 heavy (non-hydrogen) atoms. The summed E-state index contributed by atoms with van der Waals surface area (Å²) in [5.41, 5.74) is 8.78. The van der Waals surface area contributed by atoms with E-state index >= 15 is 4.39 Å². The molecule has 4 N–H and O–H groups in total. The Labute approximate surface area is 195 Å². The number of hydrogen-bond donors (Lipinski definition) is 3. The Hall–Kier alpha value is -3.79. The zero-order valence-electron chi connectivity index (χ0n) is 19.0. The first-order chi connectivity index (χ1) is 16.4. The fraction of sp³-hybridized carbons (Fsp3) is 0.333. The van der Waals surface area contributed by atoms with Gasteiger partial charge in [-0.3, -0.25) is 9.89 Å². The molecule has 0 spiro atoms. The van der Waals surface area contributed by atoms with Crippen LogP contribution in [-0.2, 0) is 6.54 Å². The first kappa shape index (κ1) is 22.0. The monoisotopic (exact) mass is 463 g/mol. The number of hydrogen-bond acceptors (Lipinski definition) is 7. The van der Waals surface area contributed by atoms with Gasteiger partial charge in [0.1, 0.15) is 12.1 Å². The van der Waals surface area contributed by atoms with E-state index in [0.29, 0.717) is 29.2 Å². The molecule has 1 saturated heterocycles. The molecule has 1 atom stereocenters. The smallest absolute Gasteiger partial charge is 0.273 e. The number of nitrogens with two attached hydrogens (primary N) is 1. The van der Waals surface area contributed by atoms with Crippen molar-refractivity contribution in [2.75, 3.05) is 18.0 Å². The second-order valence-electron chi connectivity index (χ2n) is 8.84. The molecular formula is C24H26FN7O2. The highest BCUT2D eigenvalue weighted by atomic mass is 19.1. The third-order valence-electron chi connectivity index (χ3n) is 6.02. The van der Waals surface area contributed by atoms with Crippen molar-refractivity contribution >= 4 is 22.8 Å². The molecule has 1 amide bonds. The van der Waals surface area contributed by atoms with E-state index in [1.807, 2.05) is 26.0 Å². The minimum atomic E-state index is -0.418. The average Bonchev–Trinajstić information content (AvgIpc) is 3.57. The van der Waals surface area contributed by atoms with Gasteiger partial charge in [0.15, 0.2) is 23.0 Å². The topological polar surface area (TPSA) is 126 Å². The van der Waals surface area contributed by atoms with Crippen molar-refractivity contribution in [1.82, 2.24) is 25.5 Å². The van der Waals surface area contributed by atoms with Crippen molar-refractivity contribution in [2.24, 2.45) is 5.73 Å². The van der Waals surface area contributed by atoms with Crippen molar-refractivity contribution in [3.8, 4) is 11.1 Å². The molecule has 5 rings (SSSR count). The number of carbonyl (C=O) groups is 1. The van der Waals surface area contributed by atoms with Gasteiger partial charge in [-0.05, 0) is 29.7 Å². The molecule has 0 radical (unpaired) electrons. The SMILES string of the molecule is CC(C)c1nc(C(=O)NCc2ccc(-c3ccnc4[nH]nc(N5CC[C@@H](N)C5)c34)cc2F)co1. The summed E-state index contributed by atoms with van der Waals surface area (Å²) in [6.07, 6.45) is 3.88. The number of halogens is 1. The van der Waals surface area contributed by atoms with E-state index in [4.69, 9.17) is 10.2 Å². The normalized spacial score (nSPS) is 16.0. The highest BCUT2D eigenvalue weighted by molar-refractivity contribution is 6.00. The average molecular weight is 464 g/mol. The summed E-state index contributed by atoms with van der Waals surface area (Å²) >= 11 is 0. The largest absolute Gasteiger partial charge is 0.448 e. The van der Waals surface area contributed by atoms with Crippen molar-refractivity contribution in [1.29, 1.82) is 0 Å². The molecule has 4 heterocycles. The second kappa shape index (κ2) is 8.86. The molecule has 1 aromatic carbocycles. The summed E-state index contributed by atoms with van der Waals surface area (Å²) in [5, 5.41) is 11.0.